The van der Waals surface area contributed by atoms with Gasteiger partial charge in [0.05, 0.1) is 5.75 Å². The van der Waals surface area contributed by atoms with Crippen molar-refractivity contribution in [3.05, 3.63) is 0 Å². The van der Waals surface area contributed by atoms with E-state index >= 15 is 0 Å². The molecule has 1 aliphatic heterocycles. The van der Waals surface area contributed by atoms with Crippen molar-refractivity contribution in [2.75, 3.05) is 31.1 Å². The molecule has 5 heteroatoms. The Morgan fingerprint density at radius 1 is 1.29 bits per heavy atom. The molecule has 4 nitrogen and oxygen atoms in total. The summed E-state index contributed by atoms with van der Waals surface area (Å²) >= 11 is 0. The third-order valence-electron chi connectivity index (χ3n) is 3.65. The Morgan fingerprint density at radius 3 is 2.59 bits per heavy atom. The summed E-state index contributed by atoms with van der Waals surface area (Å²) in [6.45, 7) is 6.43. The van der Waals surface area contributed by atoms with Crippen LogP contribution in [0.5, 0.6) is 0 Å². The molecule has 2 atom stereocenters. The Morgan fingerprint density at radius 2 is 2.00 bits per heavy atom. The maximum atomic E-state index is 11.7. The standard InChI is InChI=1S/C12H26N2O2S/c1-3-7-17(15,16)8-6-14-10-12(9-13)5-4-11(14)2/h11-12H,3-10,13H2,1-2H3. The molecular weight excluding hydrogens is 236 g/mol. The van der Waals surface area contributed by atoms with E-state index < -0.39 is 9.84 Å². The minimum Gasteiger partial charge on any atom is -0.330 e. The van der Waals surface area contributed by atoms with Crippen molar-refractivity contribution in [1.29, 1.82) is 0 Å². The van der Waals surface area contributed by atoms with Gasteiger partial charge in [0.25, 0.3) is 0 Å². The number of sulfone groups is 1. The molecule has 1 rings (SSSR count). The lowest BCUT2D eigenvalue weighted by Gasteiger charge is -2.37. The second-order valence-electron chi connectivity index (χ2n) is 5.17. The van der Waals surface area contributed by atoms with Crippen molar-refractivity contribution in [2.24, 2.45) is 11.7 Å². The molecule has 102 valence electrons. The average Bonchev–Trinajstić information content (AvgIpc) is 2.28. The van der Waals surface area contributed by atoms with Crippen LogP contribution in [0.15, 0.2) is 0 Å². The van der Waals surface area contributed by atoms with Crippen LogP contribution in [0.4, 0.5) is 0 Å². The minimum atomic E-state index is -2.85. The molecule has 0 saturated carbocycles. The zero-order valence-corrected chi connectivity index (χ0v) is 11.9. The highest BCUT2D eigenvalue weighted by atomic mass is 32.2. The summed E-state index contributed by atoms with van der Waals surface area (Å²) in [5.74, 6) is 1.15. The molecule has 1 heterocycles. The molecule has 2 N–H and O–H groups in total. The van der Waals surface area contributed by atoms with Crippen LogP contribution < -0.4 is 5.73 Å². The van der Waals surface area contributed by atoms with Crippen LogP contribution in [0, 0.1) is 5.92 Å². The number of nitrogens with zero attached hydrogens (tertiary/aromatic N) is 1. The first-order valence-corrected chi connectivity index (χ1v) is 8.45. The maximum Gasteiger partial charge on any atom is 0.151 e. The molecule has 0 amide bonds. The maximum absolute atomic E-state index is 11.7. The van der Waals surface area contributed by atoms with E-state index in [-0.39, 0.29) is 0 Å². The average molecular weight is 262 g/mol. The molecule has 0 aromatic carbocycles. The third-order valence-corrected chi connectivity index (χ3v) is 5.48. The van der Waals surface area contributed by atoms with Crippen molar-refractivity contribution in [3.8, 4) is 0 Å². The highest BCUT2D eigenvalue weighted by molar-refractivity contribution is 7.91. The van der Waals surface area contributed by atoms with Gasteiger partial charge in [0, 0.05) is 24.9 Å². The molecule has 0 aromatic rings. The van der Waals surface area contributed by atoms with Gasteiger partial charge in [-0.1, -0.05) is 6.92 Å². The normalized spacial score (nSPS) is 27.2. The van der Waals surface area contributed by atoms with Crippen LogP contribution in [-0.4, -0.2) is 50.5 Å². The van der Waals surface area contributed by atoms with Crippen LogP contribution in [0.3, 0.4) is 0 Å². The van der Waals surface area contributed by atoms with Crippen molar-refractivity contribution in [3.63, 3.8) is 0 Å². The number of likely N-dealkylation sites (tertiary alicyclic amines) is 1. The molecule has 0 spiro atoms. The number of piperidine rings is 1. The summed E-state index contributed by atoms with van der Waals surface area (Å²) in [6, 6.07) is 0.495. The Hall–Kier alpha value is -0.130. The zero-order valence-electron chi connectivity index (χ0n) is 11.1. The Labute approximate surface area is 105 Å². The van der Waals surface area contributed by atoms with Gasteiger partial charge in [-0.15, -0.1) is 0 Å². The molecule has 1 aliphatic rings. The first-order chi connectivity index (χ1) is 7.98. The molecular formula is C12H26N2O2S. The van der Waals surface area contributed by atoms with Crippen LogP contribution in [0.2, 0.25) is 0 Å². The van der Waals surface area contributed by atoms with Gasteiger partial charge in [0.15, 0.2) is 9.84 Å². The molecule has 17 heavy (non-hydrogen) atoms. The van der Waals surface area contributed by atoms with Gasteiger partial charge in [-0.3, -0.25) is 4.90 Å². The van der Waals surface area contributed by atoms with Crippen molar-refractivity contribution in [2.45, 2.75) is 39.2 Å². The van der Waals surface area contributed by atoms with E-state index in [1.165, 1.54) is 6.42 Å². The first kappa shape index (κ1) is 14.9. The SMILES string of the molecule is CCCS(=O)(=O)CCN1CC(CN)CCC1C. The van der Waals surface area contributed by atoms with Crippen LogP contribution in [0.25, 0.3) is 0 Å². The fraction of sp³-hybridized carbons (Fsp3) is 1.00. The summed E-state index contributed by atoms with van der Waals surface area (Å²) in [7, 11) is -2.85. The van der Waals surface area contributed by atoms with Crippen LogP contribution >= 0.6 is 0 Å². The predicted octanol–water partition coefficient (Wildman–Crippen LogP) is 0.870. The van der Waals surface area contributed by atoms with Crippen LogP contribution in [-0.2, 0) is 9.84 Å². The quantitative estimate of drug-likeness (QED) is 0.771. The fourth-order valence-electron chi connectivity index (χ4n) is 2.44. The Balaban J connectivity index is 2.44. The summed E-state index contributed by atoms with van der Waals surface area (Å²) in [5, 5.41) is 0. The molecule has 0 bridgehead atoms. The molecule has 0 aliphatic carbocycles. The second kappa shape index (κ2) is 6.71. The lowest BCUT2D eigenvalue weighted by atomic mass is 9.94. The van der Waals surface area contributed by atoms with Gasteiger partial charge in [0.2, 0.25) is 0 Å². The molecule has 0 radical (unpaired) electrons. The van der Waals surface area contributed by atoms with E-state index in [1.807, 2.05) is 6.92 Å². The van der Waals surface area contributed by atoms with Gasteiger partial charge in [-0.2, -0.15) is 0 Å². The minimum absolute atomic E-state index is 0.294. The fourth-order valence-corrected chi connectivity index (χ4v) is 3.77. The predicted molar refractivity (Wildman–Crippen MR) is 71.8 cm³/mol. The number of nitrogens with two attached hydrogens (primary N) is 1. The molecule has 0 aromatic heterocycles. The van der Waals surface area contributed by atoms with E-state index in [0.717, 1.165) is 13.0 Å². The lowest BCUT2D eigenvalue weighted by Crippen LogP contribution is -2.45. The number of hydrogen-bond acceptors (Lipinski definition) is 4. The summed E-state index contributed by atoms with van der Waals surface area (Å²) in [6.07, 6.45) is 3.02. The highest BCUT2D eigenvalue weighted by Gasteiger charge is 2.25. The van der Waals surface area contributed by atoms with E-state index in [4.69, 9.17) is 5.73 Å². The topological polar surface area (TPSA) is 63.4 Å². The molecule has 2 unspecified atom stereocenters. The van der Waals surface area contributed by atoms with Gasteiger partial charge in [-0.25, -0.2) is 8.42 Å². The highest BCUT2D eigenvalue weighted by Crippen LogP contribution is 2.20. The zero-order chi connectivity index (χ0) is 12.9. The lowest BCUT2D eigenvalue weighted by molar-refractivity contribution is 0.128. The smallest absolute Gasteiger partial charge is 0.151 e. The van der Waals surface area contributed by atoms with Gasteiger partial charge in [-0.05, 0) is 38.6 Å². The number of hydrogen-bond donors (Lipinski definition) is 1. The van der Waals surface area contributed by atoms with Gasteiger partial charge in [0.1, 0.15) is 0 Å². The van der Waals surface area contributed by atoms with Crippen molar-refractivity contribution < 1.29 is 8.42 Å². The Bertz CT molecular complexity index is 316. The summed E-state index contributed by atoms with van der Waals surface area (Å²) < 4.78 is 23.4. The first-order valence-electron chi connectivity index (χ1n) is 6.63. The largest absolute Gasteiger partial charge is 0.330 e. The van der Waals surface area contributed by atoms with Crippen LogP contribution in [0.1, 0.15) is 33.1 Å². The monoisotopic (exact) mass is 262 g/mol. The van der Waals surface area contributed by atoms with E-state index in [1.54, 1.807) is 0 Å². The molecule has 1 saturated heterocycles. The van der Waals surface area contributed by atoms with Crippen molar-refractivity contribution >= 4 is 9.84 Å². The van der Waals surface area contributed by atoms with Gasteiger partial charge >= 0.3 is 0 Å². The van der Waals surface area contributed by atoms with E-state index in [9.17, 15) is 8.42 Å². The van der Waals surface area contributed by atoms with Gasteiger partial charge < -0.3 is 5.73 Å². The number of rotatable bonds is 6. The molecule has 1 fully saturated rings. The van der Waals surface area contributed by atoms with E-state index in [0.29, 0.717) is 43.0 Å². The van der Waals surface area contributed by atoms with Crippen molar-refractivity contribution in [1.82, 2.24) is 4.90 Å². The second-order valence-corrected chi connectivity index (χ2v) is 7.48. The Kier molecular flexibility index (Phi) is 5.89. The van der Waals surface area contributed by atoms with E-state index in [2.05, 4.69) is 11.8 Å². The third kappa shape index (κ3) is 4.94. The summed E-state index contributed by atoms with van der Waals surface area (Å²) in [5.41, 5.74) is 5.70. The summed E-state index contributed by atoms with van der Waals surface area (Å²) in [4.78, 5) is 2.29.